The molecule has 10 atom stereocenters. The molecular weight excluding hydrogens is 653 g/mol. The Labute approximate surface area is 323 Å². The number of benzene rings is 1. The second-order valence-electron chi connectivity index (χ2n) is 21.5. The van der Waals surface area contributed by atoms with E-state index in [1.807, 2.05) is 13.8 Å². The highest BCUT2D eigenvalue weighted by molar-refractivity contribution is 5.75. The molecule has 5 saturated carbocycles. The van der Waals surface area contributed by atoms with Crippen LogP contribution in [-0.4, -0.2) is 60.9 Å². The summed E-state index contributed by atoms with van der Waals surface area (Å²) in [6.45, 7) is 30.7. The summed E-state index contributed by atoms with van der Waals surface area (Å²) in [4.78, 5) is 30.1. The minimum Gasteiger partial charge on any atom is -0.462 e. The van der Waals surface area contributed by atoms with Crippen LogP contribution in [0, 0.1) is 62.1 Å². The predicted molar refractivity (Wildman–Crippen MR) is 216 cm³/mol. The van der Waals surface area contributed by atoms with Crippen LogP contribution in [0.15, 0.2) is 42.5 Å². The fourth-order valence-electron chi connectivity index (χ4n) is 14.9. The molecular formula is C48H74N2O3. The summed E-state index contributed by atoms with van der Waals surface area (Å²) in [6.07, 6.45) is 15.1. The molecule has 6 fully saturated rings. The number of carbonyl (C=O) groups is 2. The Morgan fingerprint density at radius 3 is 2.23 bits per heavy atom. The van der Waals surface area contributed by atoms with Crippen molar-refractivity contribution in [3.05, 3.63) is 48.0 Å². The molecule has 1 aromatic rings. The molecule has 1 saturated heterocycles. The molecule has 5 unspecified atom stereocenters. The topological polar surface area (TPSA) is 49.9 Å². The number of rotatable bonds is 10. The van der Waals surface area contributed by atoms with Gasteiger partial charge in [-0.3, -0.25) is 9.69 Å². The number of nitrogens with zero attached hydrogens (tertiary/aromatic N) is 2. The number of fused-ring (bicyclic) bond motifs is 7. The first-order chi connectivity index (χ1) is 25.0. The van der Waals surface area contributed by atoms with Crippen molar-refractivity contribution in [2.45, 2.75) is 145 Å². The molecule has 0 bridgehead atoms. The lowest BCUT2D eigenvalue weighted by atomic mass is 9.32. The van der Waals surface area contributed by atoms with Gasteiger partial charge in [0.15, 0.2) is 0 Å². The highest BCUT2D eigenvalue weighted by Crippen LogP contribution is 2.78. The highest BCUT2D eigenvalue weighted by atomic mass is 16.5. The van der Waals surface area contributed by atoms with Gasteiger partial charge in [-0.1, -0.05) is 91.0 Å². The highest BCUT2D eigenvalue weighted by Gasteiger charge is 2.71. The number of ether oxygens (including phenoxy) is 1. The van der Waals surface area contributed by atoms with Crippen LogP contribution < -0.4 is 0 Å². The number of hydrogen-bond donors (Lipinski definition) is 0. The molecule has 0 N–H and O–H groups in total. The lowest BCUT2D eigenvalue weighted by Crippen LogP contribution is -2.66. The van der Waals surface area contributed by atoms with Gasteiger partial charge >= 0.3 is 5.97 Å². The molecule has 53 heavy (non-hydrogen) atoms. The third-order valence-corrected chi connectivity index (χ3v) is 18.0. The van der Waals surface area contributed by atoms with Crippen molar-refractivity contribution in [2.24, 2.45) is 62.1 Å². The van der Waals surface area contributed by atoms with Gasteiger partial charge in [-0.25, -0.2) is 0 Å². The zero-order chi connectivity index (χ0) is 38.0. The first-order valence-corrected chi connectivity index (χ1v) is 21.8. The van der Waals surface area contributed by atoms with E-state index in [-0.39, 0.29) is 29.3 Å². The zero-order valence-corrected chi connectivity index (χ0v) is 35.0. The summed E-state index contributed by atoms with van der Waals surface area (Å²) in [5, 5.41) is 0. The fourth-order valence-corrected chi connectivity index (χ4v) is 14.9. The Bertz CT molecular complexity index is 1510. The van der Waals surface area contributed by atoms with E-state index in [1.165, 1.54) is 102 Å². The van der Waals surface area contributed by atoms with Crippen LogP contribution in [0.3, 0.4) is 0 Å². The quantitative estimate of drug-likeness (QED) is 0.137. The van der Waals surface area contributed by atoms with Crippen LogP contribution in [-0.2, 0) is 20.9 Å². The van der Waals surface area contributed by atoms with Crippen molar-refractivity contribution >= 4 is 12.3 Å². The fraction of sp³-hybridized carbons (Fsp3) is 0.792. The SMILES string of the molecule is C=C(C)[C@@H]1CCC2(CCN3CCN(Cc4ccccc4)CC3)CC[C@]3(C)C(CC[C@@H]4C5(C)CCC(OC(=O)CC(C)(C)C=O)C(C)(C)[C@@H]5CCC43C)[C@@H]12. The van der Waals surface area contributed by atoms with Crippen LogP contribution in [0.4, 0.5) is 0 Å². The third-order valence-electron chi connectivity index (χ3n) is 18.0. The van der Waals surface area contributed by atoms with Gasteiger partial charge in [-0.15, -0.1) is 0 Å². The molecule has 6 aliphatic rings. The van der Waals surface area contributed by atoms with Crippen molar-refractivity contribution in [2.75, 3.05) is 32.7 Å². The molecule has 7 rings (SSSR count). The summed E-state index contributed by atoms with van der Waals surface area (Å²) in [5.41, 5.74) is 3.48. The van der Waals surface area contributed by atoms with Crippen LogP contribution >= 0.6 is 0 Å². The van der Waals surface area contributed by atoms with E-state index >= 15 is 0 Å². The Balaban J connectivity index is 1.06. The summed E-state index contributed by atoms with van der Waals surface area (Å²) >= 11 is 0. The van der Waals surface area contributed by atoms with Crippen LogP contribution in [0.2, 0.25) is 0 Å². The second kappa shape index (κ2) is 14.2. The van der Waals surface area contributed by atoms with E-state index in [1.54, 1.807) is 0 Å². The predicted octanol–water partition coefficient (Wildman–Crippen LogP) is 10.4. The average Bonchev–Trinajstić information content (AvgIpc) is 3.50. The third kappa shape index (κ3) is 6.72. The average molecular weight is 727 g/mol. The van der Waals surface area contributed by atoms with Crippen molar-refractivity contribution in [1.82, 2.24) is 9.80 Å². The smallest absolute Gasteiger partial charge is 0.307 e. The number of hydrogen-bond acceptors (Lipinski definition) is 5. The molecule has 0 aromatic heterocycles. The monoisotopic (exact) mass is 727 g/mol. The summed E-state index contributed by atoms with van der Waals surface area (Å²) in [5.74, 6) is 3.23. The molecule has 0 spiro atoms. The molecule has 1 heterocycles. The van der Waals surface area contributed by atoms with Gasteiger partial charge in [0.1, 0.15) is 12.4 Å². The Hall–Kier alpha value is -1.98. The maximum atomic E-state index is 13.1. The van der Waals surface area contributed by atoms with E-state index in [4.69, 9.17) is 4.74 Å². The lowest BCUT2D eigenvalue weighted by Gasteiger charge is -2.73. The van der Waals surface area contributed by atoms with Gasteiger partial charge in [0.05, 0.1) is 6.42 Å². The van der Waals surface area contributed by atoms with Crippen LogP contribution in [0.1, 0.15) is 138 Å². The van der Waals surface area contributed by atoms with E-state index in [2.05, 4.69) is 88.3 Å². The summed E-state index contributed by atoms with van der Waals surface area (Å²) in [6, 6.07) is 11.0. The van der Waals surface area contributed by atoms with Crippen molar-refractivity contribution < 1.29 is 14.3 Å². The van der Waals surface area contributed by atoms with Gasteiger partial charge in [0.2, 0.25) is 0 Å². The van der Waals surface area contributed by atoms with Gasteiger partial charge in [0.25, 0.3) is 0 Å². The standard InChI is InChI=1S/C48H74N2O3/c1-34(2)36-17-22-48(25-26-49-27-29-50(30-28-49)32-35-13-11-10-12-14-35)24-23-46(8)37(42(36)48)15-16-39-45(7)20-19-40(53-41(52)31-43(3,4)33-51)44(5,6)38(45)18-21-47(39,46)9/h10-14,33,36-40,42H,1,15-32H2,2-9H3/t36-,37?,38-,39+,40?,42+,45?,46+,47?,48?/m0/s1. The molecule has 0 radical (unpaired) electrons. The Kier molecular flexibility index (Phi) is 10.5. The van der Waals surface area contributed by atoms with Gasteiger partial charge in [-0.2, -0.15) is 0 Å². The lowest BCUT2D eigenvalue weighted by molar-refractivity contribution is -0.250. The minimum atomic E-state index is -0.677. The number of aldehydes is 1. The van der Waals surface area contributed by atoms with Crippen LogP contribution in [0.5, 0.6) is 0 Å². The van der Waals surface area contributed by atoms with Crippen molar-refractivity contribution in [1.29, 1.82) is 0 Å². The molecule has 1 aromatic carbocycles. The molecule has 294 valence electrons. The van der Waals surface area contributed by atoms with Gasteiger partial charge < -0.3 is 14.4 Å². The number of piperazine rings is 1. The first-order valence-electron chi connectivity index (χ1n) is 21.8. The van der Waals surface area contributed by atoms with Crippen LogP contribution in [0.25, 0.3) is 0 Å². The van der Waals surface area contributed by atoms with Crippen molar-refractivity contribution in [3.8, 4) is 0 Å². The normalized spacial score (nSPS) is 41.4. The molecule has 5 heteroatoms. The van der Waals surface area contributed by atoms with Gasteiger partial charge in [-0.05, 0) is 141 Å². The summed E-state index contributed by atoms with van der Waals surface area (Å²) in [7, 11) is 0. The largest absolute Gasteiger partial charge is 0.462 e. The maximum absolute atomic E-state index is 13.1. The maximum Gasteiger partial charge on any atom is 0.307 e. The first kappa shape index (κ1) is 39.3. The number of esters is 1. The second-order valence-corrected chi connectivity index (χ2v) is 21.5. The Morgan fingerprint density at radius 1 is 0.849 bits per heavy atom. The number of allylic oxidation sites excluding steroid dienone is 1. The molecule has 5 aliphatic carbocycles. The summed E-state index contributed by atoms with van der Waals surface area (Å²) < 4.78 is 6.28. The zero-order valence-electron chi connectivity index (χ0n) is 35.0. The minimum absolute atomic E-state index is 0.0799. The van der Waals surface area contributed by atoms with Crippen molar-refractivity contribution in [3.63, 3.8) is 0 Å². The van der Waals surface area contributed by atoms with E-state index in [0.29, 0.717) is 34.0 Å². The molecule has 0 amide bonds. The molecule has 5 nitrogen and oxygen atoms in total. The molecule has 1 aliphatic heterocycles. The Morgan fingerprint density at radius 2 is 1.55 bits per heavy atom. The van der Waals surface area contributed by atoms with E-state index in [9.17, 15) is 9.59 Å². The van der Waals surface area contributed by atoms with E-state index < -0.39 is 5.41 Å². The van der Waals surface area contributed by atoms with E-state index in [0.717, 1.165) is 37.5 Å². The van der Waals surface area contributed by atoms with Gasteiger partial charge in [0, 0.05) is 43.6 Å². The number of carbonyl (C=O) groups excluding carboxylic acids is 2.